The Morgan fingerprint density at radius 3 is 2.35 bits per heavy atom. The van der Waals surface area contributed by atoms with E-state index in [9.17, 15) is 18.0 Å². The molecule has 1 aromatic rings. The molecule has 3 heterocycles. The highest BCUT2D eigenvalue weighted by Crippen LogP contribution is 2.35. The first-order chi connectivity index (χ1) is 12.2. The first-order valence-corrected chi connectivity index (χ1v) is 8.99. The van der Waals surface area contributed by atoms with Gasteiger partial charge in [-0.15, -0.1) is 11.3 Å². The number of carbonyl (C=O) groups excluding carboxylic acids is 1. The number of likely N-dealkylation sites (tertiary alicyclic amines) is 1. The van der Waals surface area contributed by atoms with E-state index in [-0.39, 0.29) is 5.91 Å². The van der Waals surface area contributed by atoms with Gasteiger partial charge < -0.3 is 14.7 Å². The number of ether oxygens (including phenoxy) is 1. The van der Waals surface area contributed by atoms with Crippen LogP contribution in [0.1, 0.15) is 33.4 Å². The molecule has 0 aromatic carbocycles. The second-order valence-corrected chi connectivity index (χ2v) is 7.16. The van der Waals surface area contributed by atoms with Crippen LogP contribution < -0.4 is 0 Å². The van der Waals surface area contributed by atoms with Crippen molar-refractivity contribution in [2.75, 3.05) is 39.9 Å². The third-order valence-electron chi connectivity index (χ3n) is 4.23. The van der Waals surface area contributed by atoms with Crippen molar-refractivity contribution in [3.8, 4) is 0 Å². The summed E-state index contributed by atoms with van der Waals surface area (Å²) in [5.74, 6) is -2.59. The first-order valence-electron chi connectivity index (χ1n) is 8.17. The number of amides is 1. The monoisotopic (exact) mass is 394 g/mol. The van der Waals surface area contributed by atoms with Gasteiger partial charge in [-0.25, -0.2) is 4.79 Å². The Balaban J connectivity index is 0.000000298. The molecule has 1 aromatic heterocycles. The molecule has 6 nitrogen and oxygen atoms in total. The minimum Gasteiger partial charge on any atom is -0.475 e. The van der Waals surface area contributed by atoms with Gasteiger partial charge in [0.1, 0.15) is 0 Å². The van der Waals surface area contributed by atoms with E-state index >= 15 is 0 Å². The zero-order valence-electron chi connectivity index (χ0n) is 14.3. The third-order valence-corrected chi connectivity index (χ3v) is 5.40. The number of morpholine rings is 1. The van der Waals surface area contributed by atoms with Gasteiger partial charge in [0.25, 0.3) is 5.91 Å². The van der Waals surface area contributed by atoms with Crippen molar-refractivity contribution in [3.05, 3.63) is 21.9 Å². The predicted molar refractivity (Wildman–Crippen MR) is 89.3 cm³/mol. The summed E-state index contributed by atoms with van der Waals surface area (Å²) >= 11 is 1.66. The van der Waals surface area contributed by atoms with E-state index in [1.807, 2.05) is 11.0 Å². The Morgan fingerprint density at radius 1 is 1.23 bits per heavy atom. The van der Waals surface area contributed by atoms with E-state index < -0.39 is 12.1 Å². The van der Waals surface area contributed by atoms with E-state index in [1.54, 1.807) is 11.3 Å². The van der Waals surface area contributed by atoms with Gasteiger partial charge in [0.2, 0.25) is 0 Å². The first kappa shape index (κ1) is 20.7. The topological polar surface area (TPSA) is 70.1 Å². The van der Waals surface area contributed by atoms with Crippen molar-refractivity contribution in [3.63, 3.8) is 0 Å². The van der Waals surface area contributed by atoms with Crippen LogP contribution in [0, 0.1) is 0 Å². The van der Waals surface area contributed by atoms with Gasteiger partial charge in [-0.1, -0.05) is 0 Å². The number of halogens is 3. The lowest BCUT2D eigenvalue weighted by molar-refractivity contribution is -0.192. The fraction of sp³-hybridized carbons (Fsp3) is 0.625. The van der Waals surface area contributed by atoms with Crippen LogP contribution in [0.15, 0.2) is 12.1 Å². The summed E-state index contributed by atoms with van der Waals surface area (Å²) in [5, 5.41) is 7.12. The molecule has 2 aliphatic rings. The second-order valence-electron chi connectivity index (χ2n) is 6.05. The molecule has 1 unspecified atom stereocenters. The SMILES string of the molecule is CN1CCCC1c1ccc(C(=O)N2CCOCC2)s1.O=C(O)C(F)(F)F. The number of carboxylic acids is 1. The van der Waals surface area contributed by atoms with Crippen molar-refractivity contribution in [1.29, 1.82) is 0 Å². The number of carbonyl (C=O) groups is 2. The molecule has 2 aliphatic heterocycles. The Labute approximate surface area is 153 Å². The third kappa shape index (κ3) is 5.42. The zero-order chi connectivity index (χ0) is 19.3. The van der Waals surface area contributed by atoms with Gasteiger partial charge in [-0.3, -0.25) is 9.69 Å². The number of hydrogen-bond acceptors (Lipinski definition) is 5. The molecule has 146 valence electrons. The zero-order valence-corrected chi connectivity index (χ0v) is 15.1. The van der Waals surface area contributed by atoms with Gasteiger partial charge >= 0.3 is 12.1 Å². The average Bonchev–Trinajstić information content (AvgIpc) is 3.23. The van der Waals surface area contributed by atoms with Crippen molar-refractivity contribution >= 4 is 23.2 Å². The maximum Gasteiger partial charge on any atom is 0.490 e. The van der Waals surface area contributed by atoms with Gasteiger partial charge in [0.05, 0.1) is 18.1 Å². The normalized spacial score (nSPS) is 21.2. The van der Waals surface area contributed by atoms with Gasteiger partial charge in [0.15, 0.2) is 0 Å². The van der Waals surface area contributed by atoms with Crippen molar-refractivity contribution < 1.29 is 32.6 Å². The highest BCUT2D eigenvalue weighted by Gasteiger charge is 2.38. The average molecular weight is 394 g/mol. The molecule has 1 N–H and O–H groups in total. The van der Waals surface area contributed by atoms with E-state index in [0.29, 0.717) is 19.3 Å². The van der Waals surface area contributed by atoms with Gasteiger partial charge in [-0.05, 0) is 38.6 Å². The molecule has 26 heavy (non-hydrogen) atoms. The molecule has 1 atom stereocenters. The Bertz CT molecular complexity index is 629. The summed E-state index contributed by atoms with van der Waals surface area (Å²) in [5.41, 5.74) is 0. The fourth-order valence-electron chi connectivity index (χ4n) is 2.84. The number of rotatable bonds is 2. The highest BCUT2D eigenvalue weighted by molar-refractivity contribution is 7.14. The number of alkyl halides is 3. The van der Waals surface area contributed by atoms with Crippen LogP contribution >= 0.6 is 11.3 Å². The predicted octanol–water partition coefficient (Wildman–Crippen LogP) is 2.62. The lowest BCUT2D eigenvalue weighted by Crippen LogP contribution is -2.40. The second kappa shape index (κ2) is 8.83. The lowest BCUT2D eigenvalue weighted by Gasteiger charge is -2.26. The molecule has 0 spiro atoms. The minimum absolute atomic E-state index is 0.167. The molecule has 2 saturated heterocycles. The molecule has 3 rings (SSSR count). The Hall–Kier alpha value is -1.65. The molecule has 0 aliphatic carbocycles. The van der Waals surface area contributed by atoms with Gasteiger partial charge in [-0.2, -0.15) is 13.2 Å². The standard InChI is InChI=1S/C14H20N2O2S.C2HF3O2/c1-15-6-2-3-11(15)12-4-5-13(19-12)14(17)16-7-9-18-10-8-16;3-2(4,5)1(6)7/h4-5,11H,2-3,6-10H2,1H3;(H,6,7). The van der Waals surface area contributed by atoms with E-state index in [0.717, 1.165) is 24.5 Å². The van der Waals surface area contributed by atoms with Crippen LogP contribution in [0.4, 0.5) is 13.2 Å². The smallest absolute Gasteiger partial charge is 0.475 e. The fourth-order valence-corrected chi connectivity index (χ4v) is 4.02. The van der Waals surface area contributed by atoms with Crippen LogP contribution in [0.5, 0.6) is 0 Å². The van der Waals surface area contributed by atoms with Crippen molar-refractivity contribution in [2.45, 2.75) is 25.1 Å². The molecule has 1 amide bonds. The minimum atomic E-state index is -5.08. The number of carboxylic acid groups (broad SMARTS) is 1. The summed E-state index contributed by atoms with van der Waals surface area (Å²) < 4.78 is 37.0. The van der Waals surface area contributed by atoms with Crippen LogP contribution in [0.3, 0.4) is 0 Å². The van der Waals surface area contributed by atoms with Crippen LogP contribution in [-0.4, -0.2) is 72.9 Å². The molecule has 2 fully saturated rings. The van der Waals surface area contributed by atoms with Crippen LogP contribution in [0.2, 0.25) is 0 Å². The Morgan fingerprint density at radius 2 is 1.85 bits per heavy atom. The number of aliphatic carboxylic acids is 1. The van der Waals surface area contributed by atoms with Crippen LogP contribution in [-0.2, 0) is 9.53 Å². The van der Waals surface area contributed by atoms with Crippen molar-refractivity contribution in [1.82, 2.24) is 9.80 Å². The number of thiophene rings is 1. The largest absolute Gasteiger partial charge is 0.490 e. The summed E-state index contributed by atoms with van der Waals surface area (Å²) in [6.45, 7) is 3.92. The maximum atomic E-state index is 12.4. The molecule has 0 saturated carbocycles. The number of nitrogens with zero attached hydrogens (tertiary/aromatic N) is 2. The van der Waals surface area contributed by atoms with E-state index in [4.69, 9.17) is 14.6 Å². The molecular formula is C16H21F3N2O4S. The maximum absolute atomic E-state index is 12.4. The molecule has 0 radical (unpaired) electrons. The summed E-state index contributed by atoms with van der Waals surface area (Å²) in [4.78, 5) is 27.8. The highest BCUT2D eigenvalue weighted by atomic mass is 32.1. The van der Waals surface area contributed by atoms with E-state index in [1.165, 1.54) is 17.7 Å². The lowest BCUT2D eigenvalue weighted by atomic mass is 10.2. The molecule has 10 heteroatoms. The number of hydrogen-bond donors (Lipinski definition) is 1. The van der Waals surface area contributed by atoms with Crippen LogP contribution in [0.25, 0.3) is 0 Å². The summed E-state index contributed by atoms with van der Waals surface area (Å²) in [6, 6.07) is 4.63. The van der Waals surface area contributed by atoms with Gasteiger partial charge in [0, 0.05) is 24.0 Å². The van der Waals surface area contributed by atoms with Crippen molar-refractivity contribution in [2.24, 2.45) is 0 Å². The van der Waals surface area contributed by atoms with E-state index in [2.05, 4.69) is 18.0 Å². The Kier molecular flexibility index (Phi) is 7.01. The summed E-state index contributed by atoms with van der Waals surface area (Å²) in [6.07, 6.45) is -2.62. The quantitative estimate of drug-likeness (QED) is 0.835. The summed E-state index contributed by atoms with van der Waals surface area (Å²) in [7, 11) is 2.17. The molecular weight excluding hydrogens is 373 g/mol. The molecule has 0 bridgehead atoms.